The van der Waals surface area contributed by atoms with E-state index >= 15 is 0 Å². The molecule has 0 unspecified atom stereocenters. The summed E-state index contributed by atoms with van der Waals surface area (Å²) in [7, 11) is 3.14. The fourth-order valence-electron chi connectivity index (χ4n) is 2.71. The Balaban J connectivity index is 1.82. The number of nitrogens with one attached hydrogen (secondary N) is 2. The quantitative estimate of drug-likeness (QED) is 0.632. The highest BCUT2D eigenvalue weighted by atomic mass is 16.5. The maximum atomic E-state index is 12.1. The van der Waals surface area contributed by atoms with E-state index in [1.54, 1.807) is 20.3 Å². The van der Waals surface area contributed by atoms with E-state index in [2.05, 4.69) is 10.6 Å². The molecule has 2 aromatic rings. The van der Waals surface area contributed by atoms with Gasteiger partial charge in [-0.15, -0.1) is 0 Å². The molecule has 0 atom stereocenters. The van der Waals surface area contributed by atoms with Gasteiger partial charge >= 0.3 is 11.8 Å². The summed E-state index contributed by atoms with van der Waals surface area (Å²) in [6.07, 6.45) is 0.580. The van der Waals surface area contributed by atoms with Gasteiger partial charge in [0.25, 0.3) is 0 Å². The van der Waals surface area contributed by atoms with Gasteiger partial charge in [0.2, 0.25) is 0 Å². The Morgan fingerprint density at radius 2 is 1.59 bits per heavy atom. The molecule has 0 fully saturated rings. The molecule has 0 saturated carbocycles. The fraction of sp³-hybridized carbons (Fsp3) is 0.364. The van der Waals surface area contributed by atoms with Crippen molar-refractivity contribution in [3.05, 3.63) is 53.6 Å². The van der Waals surface area contributed by atoms with Crippen molar-refractivity contribution in [2.45, 2.75) is 32.9 Å². The van der Waals surface area contributed by atoms with E-state index in [4.69, 9.17) is 14.2 Å². The molecular weight excluding hydrogens is 372 g/mol. The van der Waals surface area contributed by atoms with Crippen LogP contribution in [0.5, 0.6) is 17.2 Å². The van der Waals surface area contributed by atoms with Crippen LogP contribution in [0.1, 0.15) is 25.0 Å². The average Bonchev–Trinajstić information content (AvgIpc) is 2.72. The lowest BCUT2D eigenvalue weighted by molar-refractivity contribution is -0.139. The second kappa shape index (κ2) is 10.9. The van der Waals surface area contributed by atoms with Gasteiger partial charge in [-0.3, -0.25) is 9.59 Å². The minimum Gasteiger partial charge on any atom is -0.493 e. The Hall–Kier alpha value is -3.22. The maximum Gasteiger partial charge on any atom is 0.309 e. The SMILES string of the molecule is COc1ccc(CCNC(=O)C(=O)NCc2ccccc2OC(C)C)cc1OC. The number of rotatable bonds is 9. The van der Waals surface area contributed by atoms with E-state index in [1.807, 2.05) is 50.2 Å². The van der Waals surface area contributed by atoms with Crippen LogP contribution in [0, 0.1) is 0 Å². The van der Waals surface area contributed by atoms with Crippen LogP contribution < -0.4 is 24.8 Å². The number of carbonyl (C=O) groups is 2. The van der Waals surface area contributed by atoms with Crippen LogP contribution in [0.25, 0.3) is 0 Å². The summed E-state index contributed by atoms with van der Waals surface area (Å²) in [5.41, 5.74) is 1.77. The number of ether oxygens (including phenoxy) is 3. The van der Waals surface area contributed by atoms with Gasteiger partial charge in [-0.05, 0) is 44.0 Å². The zero-order valence-corrected chi connectivity index (χ0v) is 17.3. The van der Waals surface area contributed by atoms with E-state index in [1.165, 1.54) is 0 Å². The molecule has 0 aliphatic rings. The highest BCUT2D eigenvalue weighted by Crippen LogP contribution is 2.27. The number of hydrogen-bond acceptors (Lipinski definition) is 5. The molecule has 0 aliphatic heterocycles. The molecule has 2 rings (SSSR count). The minimum absolute atomic E-state index is 0.0201. The van der Waals surface area contributed by atoms with E-state index in [-0.39, 0.29) is 12.6 Å². The Labute approximate surface area is 171 Å². The number of amides is 2. The van der Waals surface area contributed by atoms with E-state index in [9.17, 15) is 9.59 Å². The third kappa shape index (κ3) is 6.71. The van der Waals surface area contributed by atoms with Gasteiger partial charge in [0.1, 0.15) is 5.75 Å². The van der Waals surface area contributed by atoms with Gasteiger partial charge in [-0.1, -0.05) is 24.3 Å². The van der Waals surface area contributed by atoms with Crippen molar-refractivity contribution in [3.8, 4) is 17.2 Å². The van der Waals surface area contributed by atoms with E-state index in [0.29, 0.717) is 30.2 Å². The Morgan fingerprint density at radius 3 is 2.28 bits per heavy atom. The van der Waals surface area contributed by atoms with Crippen molar-refractivity contribution in [1.82, 2.24) is 10.6 Å². The molecule has 0 radical (unpaired) electrons. The largest absolute Gasteiger partial charge is 0.493 e. The monoisotopic (exact) mass is 400 g/mol. The Morgan fingerprint density at radius 1 is 0.897 bits per heavy atom. The van der Waals surface area contributed by atoms with Crippen molar-refractivity contribution >= 4 is 11.8 Å². The first-order chi connectivity index (χ1) is 13.9. The number of benzene rings is 2. The van der Waals surface area contributed by atoms with Gasteiger partial charge in [0.05, 0.1) is 20.3 Å². The second-order valence-electron chi connectivity index (χ2n) is 6.65. The first-order valence-corrected chi connectivity index (χ1v) is 9.46. The molecule has 7 heteroatoms. The molecule has 0 aliphatic carbocycles. The van der Waals surface area contributed by atoms with Crippen molar-refractivity contribution in [1.29, 1.82) is 0 Å². The summed E-state index contributed by atoms with van der Waals surface area (Å²) in [5, 5.41) is 5.25. The fourth-order valence-corrected chi connectivity index (χ4v) is 2.71. The summed E-state index contributed by atoms with van der Waals surface area (Å²) >= 11 is 0. The van der Waals surface area contributed by atoms with Crippen LogP contribution in [0.15, 0.2) is 42.5 Å². The van der Waals surface area contributed by atoms with Crippen LogP contribution in [0.3, 0.4) is 0 Å². The summed E-state index contributed by atoms with van der Waals surface area (Å²) < 4.78 is 16.2. The zero-order chi connectivity index (χ0) is 21.2. The molecule has 0 spiro atoms. The lowest BCUT2D eigenvalue weighted by Gasteiger charge is -2.14. The summed E-state index contributed by atoms with van der Waals surface area (Å²) in [6.45, 7) is 4.40. The maximum absolute atomic E-state index is 12.1. The van der Waals surface area contributed by atoms with Crippen molar-refractivity contribution in [2.75, 3.05) is 20.8 Å². The smallest absolute Gasteiger partial charge is 0.309 e. The predicted octanol–water partition coefficient (Wildman–Crippen LogP) is 2.47. The number of methoxy groups -OCH3 is 2. The van der Waals surface area contributed by atoms with Crippen molar-refractivity contribution < 1.29 is 23.8 Å². The molecule has 0 heterocycles. The van der Waals surface area contributed by atoms with Crippen molar-refractivity contribution in [2.24, 2.45) is 0 Å². The van der Waals surface area contributed by atoms with Crippen LogP contribution in [0.4, 0.5) is 0 Å². The predicted molar refractivity (Wildman–Crippen MR) is 110 cm³/mol. The highest BCUT2D eigenvalue weighted by molar-refractivity contribution is 6.35. The first kappa shape index (κ1) is 22.1. The lowest BCUT2D eigenvalue weighted by Crippen LogP contribution is -2.40. The molecular formula is C22H28N2O5. The molecule has 2 amide bonds. The molecule has 29 heavy (non-hydrogen) atoms. The van der Waals surface area contributed by atoms with Crippen LogP contribution in [-0.4, -0.2) is 38.7 Å². The van der Waals surface area contributed by atoms with Crippen LogP contribution >= 0.6 is 0 Å². The number of carbonyl (C=O) groups excluding carboxylic acids is 2. The third-order valence-corrected chi connectivity index (χ3v) is 4.13. The normalized spacial score (nSPS) is 10.4. The number of para-hydroxylation sites is 1. The van der Waals surface area contributed by atoms with Gasteiger partial charge in [-0.2, -0.15) is 0 Å². The molecule has 7 nitrogen and oxygen atoms in total. The topological polar surface area (TPSA) is 85.9 Å². The zero-order valence-electron chi connectivity index (χ0n) is 17.3. The average molecular weight is 400 g/mol. The summed E-state index contributed by atoms with van der Waals surface area (Å²) in [5.74, 6) is 0.596. The second-order valence-corrected chi connectivity index (χ2v) is 6.65. The number of hydrogen-bond donors (Lipinski definition) is 2. The molecule has 0 aromatic heterocycles. The van der Waals surface area contributed by atoms with E-state index in [0.717, 1.165) is 11.1 Å². The van der Waals surface area contributed by atoms with Crippen LogP contribution in [0.2, 0.25) is 0 Å². The molecule has 0 saturated heterocycles. The van der Waals surface area contributed by atoms with Gasteiger partial charge in [0.15, 0.2) is 11.5 Å². The standard InChI is InChI=1S/C22H28N2O5/c1-15(2)29-18-8-6-5-7-17(18)14-24-22(26)21(25)23-12-11-16-9-10-19(27-3)20(13-16)28-4/h5-10,13,15H,11-12,14H2,1-4H3,(H,23,25)(H,24,26). The molecule has 156 valence electrons. The first-order valence-electron chi connectivity index (χ1n) is 9.46. The Kier molecular flexibility index (Phi) is 8.33. The van der Waals surface area contributed by atoms with E-state index < -0.39 is 11.8 Å². The molecule has 2 aromatic carbocycles. The highest BCUT2D eigenvalue weighted by Gasteiger charge is 2.14. The summed E-state index contributed by atoms with van der Waals surface area (Å²) in [6, 6.07) is 13.0. The van der Waals surface area contributed by atoms with Gasteiger partial charge in [0, 0.05) is 18.7 Å². The third-order valence-electron chi connectivity index (χ3n) is 4.13. The summed E-state index contributed by atoms with van der Waals surface area (Å²) in [4.78, 5) is 24.1. The molecule has 0 bridgehead atoms. The Bertz CT molecular complexity index is 836. The van der Waals surface area contributed by atoms with Crippen molar-refractivity contribution in [3.63, 3.8) is 0 Å². The lowest BCUT2D eigenvalue weighted by atomic mass is 10.1. The van der Waals surface area contributed by atoms with Gasteiger partial charge < -0.3 is 24.8 Å². The minimum atomic E-state index is -0.684. The van der Waals surface area contributed by atoms with Gasteiger partial charge in [-0.25, -0.2) is 0 Å². The van der Waals surface area contributed by atoms with Crippen LogP contribution in [-0.2, 0) is 22.6 Å². The molecule has 2 N–H and O–H groups in total.